The summed E-state index contributed by atoms with van der Waals surface area (Å²) in [6, 6.07) is 42.4. The molecule has 0 aliphatic rings. The summed E-state index contributed by atoms with van der Waals surface area (Å²) in [6.45, 7) is 12.2. The van der Waals surface area contributed by atoms with Gasteiger partial charge in [0, 0.05) is 12.5 Å². The van der Waals surface area contributed by atoms with Gasteiger partial charge in [0.15, 0.2) is 6.54 Å². The fourth-order valence-corrected chi connectivity index (χ4v) is 7.90. The summed E-state index contributed by atoms with van der Waals surface area (Å²) >= 11 is 0. The lowest BCUT2D eigenvalue weighted by molar-refractivity contribution is -0.539. The predicted molar refractivity (Wildman–Crippen MR) is 235 cm³/mol. The lowest BCUT2D eigenvalue weighted by Crippen LogP contribution is -2.08. The Morgan fingerprint density at radius 3 is 1.69 bits per heavy atom. The maximum Gasteiger partial charge on any atom is 0.208 e. The zero-order valence-electron chi connectivity index (χ0n) is 34.0. The summed E-state index contributed by atoms with van der Waals surface area (Å²) in [5, 5.41) is 5.40. The molecule has 54 heavy (non-hydrogen) atoms. The van der Waals surface area contributed by atoms with E-state index in [1.54, 1.807) is 11.1 Å². The number of aryl methyl sites for hydroxylation is 2. The molecule has 0 aliphatic heterocycles. The molecule has 0 heterocycles. The standard InChI is InChI=1S/C52H65N2/c1-6-11-13-15-16-20-34-46-36-41(38-50(43-28-21-17-22-29-43)49(46)35-27-14-12-7-2)37-48(9-4)54(10-5)53-47-39-42(8-3)52(45-32-25-19-26-33-45)51(40-47)44-30-23-18-24-31-44/h17-19,21-26,28-33,36-40H,6-16,20,27,34-35H2,1-5H3/q+1. The minimum Gasteiger partial charge on any atom is -0.0882 e. The highest BCUT2D eigenvalue weighted by Gasteiger charge is 2.19. The molecule has 5 aromatic carbocycles. The summed E-state index contributed by atoms with van der Waals surface area (Å²) < 4.78 is 2.24. The molecule has 0 N–H and O–H groups in total. The second-order valence-corrected chi connectivity index (χ2v) is 14.8. The Morgan fingerprint density at radius 1 is 0.537 bits per heavy atom. The van der Waals surface area contributed by atoms with Gasteiger partial charge in [-0.15, -0.1) is 0 Å². The molecule has 0 aliphatic carbocycles. The third kappa shape index (κ3) is 11.2. The number of hydrogen-bond acceptors (Lipinski definition) is 1. The Morgan fingerprint density at radius 2 is 1.09 bits per heavy atom. The van der Waals surface area contributed by atoms with Crippen molar-refractivity contribution >= 4 is 11.8 Å². The van der Waals surface area contributed by atoms with E-state index in [1.807, 2.05) is 0 Å². The van der Waals surface area contributed by atoms with Crippen LogP contribution in [0.4, 0.5) is 5.69 Å². The molecule has 0 fully saturated rings. The van der Waals surface area contributed by atoms with Crippen LogP contribution in [-0.4, -0.2) is 11.2 Å². The molecule has 0 atom stereocenters. The Hall–Kier alpha value is -4.56. The van der Waals surface area contributed by atoms with E-state index in [0.29, 0.717) is 0 Å². The van der Waals surface area contributed by atoms with Gasteiger partial charge >= 0.3 is 0 Å². The van der Waals surface area contributed by atoms with Gasteiger partial charge in [-0.05, 0) is 118 Å². The van der Waals surface area contributed by atoms with Gasteiger partial charge in [0.25, 0.3) is 0 Å². The van der Waals surface area contributed by atoms with Crippen molar-refractivity contribution in [2.45, 2.75) is 125 Å². The zero-order chi connectivity index (χ0) is 38.0. The number of unbranched alkanes of at least 4 members (excludes halogenated alkanes) is 8. The largest absolute Gasteiger partial charge is 0.208 e. The van der Waals surface area contributed by atoms with E-state index in [0.717, 1.165) is 37.9 Å². The average molecular weight is 718 g/mol. The normalized spacial score (nSPS) is 12.0. The topological polar surface area (TPSA) is 15.4 Å². The van der Waals surface area contributed by atoms with Gasteiger partial charge in [-0.25, -0.2) is 0 Å². The first-order valence-electron chi connectivity index (χ1n) is 21.3. The van der Waals surface area contributed by atoms with Crippen LogP contribution in [-0.2, 0) is 19.3 Å². The summed E-state index contributed by atoms with van der Waals surface area (Å²) in [4.78, 5) is 0. The predicted octanol–water partition coefficient (Wildman–Crippen LogP) is 15.8. The lowest BCUT2D eigenvalue weighted by Gasteiger charge is -2.18. The lowest BCUT2D eigenvalue weighted by atomic mass is 9.87. The van der Waals surface area contributed by atoms with E-state index < -0.39 is 0 Å². The van der Waals surface area contributed by atoms with Crippen LogP contribution in [0, 0.1) is 0 Å². The molecule has 5 aromatic rings. The monoisotopic (exact) mass is 718 g/mol. The van der Waals surface area contributed by atoms with Gasteiger partial charge in [-0.1, -0.05) is 181 Å². The molecule has 0 amide bonds. The maximum absolute atomic E-state index is 5.40. The minimum absolute atomic E-state index is 0.800. The van der Waals surface area contributed by atoms with E-state index in [2.05, 4.69) is 161 Å². The second kappa shape index (κ2) is 22.0. The number of azo groups is 2. The van der Waals surface area contributed by atoms with Crippen molar-refractivity contribution < 1.29 is 4.70 Å². The summed E-state index contributed by atoms with van der Waals surface area (Å²) in [5.41, 5.74) is 15.7. The van der Waals surface area contributed by atoms with E-state index in [-0.39, 0.29) is 0 Å². The smallest absolute Gasteiger partial charge is 0.0882 e. The molecule has 0 bridgehead atoms. The number of allylic oxidation sites excluding steroid dienone is 1. The average Bonchev–Trinajstić information content (AvgIpc) is 3.22. The van der Waals surface area contributed by atoms with E-state index >= 15 is 0 Å². The van der Waals surface area contributed by atoms with Crippen molar-refractivity contribution in [3.63, 3.8) is 0 Å². The van der Waals surface area contributed by atoms with Gasteiger partial charge in [-0.3, -0.25) is 0 Å². The highest BCUT2D eigenvalue weighted by molar-refractivity contribution is 5.88. The molecule has 2 nitrogen and oxygen atoms in total. The van der Waals surface area contributed by atoms with Crippen molar-refractivity contribution in [3.05, 3.63) is 143 Å². The Balaban J connectivity index is 1.59. The minimum atomic E-state index is 0.800. The van der Waals surface area contributed by atoms with Gasteiger partial charge in [-0.2, -0.15) is 0 Å². The summed E-state index contributed by atoms with van der Waals surface area (Å²) in [7, 11) is 0. The Bertz CT molecular complexity index is 1920. The first-order valence-corrected chi connectivity index (χ1v) is 21.3. The Labute approximate surface area is 328 Å². The first-order chi connectivity index (χ1) is 26.6. The summed E-state index contributed by atoms with van der Waals surface area (Å²) in [5.74, 6) is 0. The van der Waals surface area contributed by atoms with E-state index in [1.165, 1.54) is 114 Å². The molecule has 0 saturated heterocycles. The molecule has 0 radical (unpaired) electrons. The summed E-state index contributed by atoms with van der Waals surface area (Å²) in [6.07, 6.45) is 19.6. The van der Waals surface area contributed by atoms with Crippen molar-refractivity contribution in [1.82, 2.24) is 0 Å². The number of nitrogens with zero attached hydrogens (tertiary/aromatic N) is 2. The molecule has 2 heteroatoms. The molecule has 0 saturated carbocycles. The van der Waals surface area contributed by atoms with Crippen LogP contribution in [0.5, 0.6) is 0 Å². The molecule has 0 aromatic heterocycles. The molecule has 0 unspecified atom stereocenters. The zero-order valence-corrected chi connectivity index (χ0v) is 34.0. The second-order valence-electron chi connectivity index (χ2n) is 14.8. The van der Waals surface area contributed by atoms with Crippen LogP contribution in [0.25, 0.3) is 39.5 Å². The molecular formula is C52H65N2+. The highest BCUT2D eigenvalue weighted by Crippen LogP contribution is 2.39. The third-order valence-electron chi connectivity index (χ3n) is 10.8. The van der Waals surface area contributed by atoms with Crippen LogP contribution in [0.2, 0.25) is 0 Å². The van der Waals surface area contributed by atoms with Crippen LogP contribution < -0.4 is 0 Å². The van der Waals surface area contributed by atoms with Gasteiger partial charge in [0.2, 0.25) is 5.70 Å². The van der Waals surface area contributed by atoms with Gasteiger partial charge in [0.05, 0.1) is 0 Å². The van der Waals surface area contributed by atoms with E-state index in [9.17, 15) is 0 Å². The fraction of sp³-hybridized carbons (Fsp3) is 0.385. The van der Waals surface area contributed by atoms with Crippen molar-refractivity contribution in [2.75, 3.05) is 6.54 Å². The number of rotatable bonds is 21. The van der Waals surface area contributed by atoms with Crippen molar-refractivity contribution in [1.29, 1.82) is 0 Å². The van der Waals surface area contributed by atoms with Crippen LogP contribution in [0.3, 0.4) is 0 Å². The third-order valence-corrected chi connectivity index (χ3v) is 10.8. The first kappa shape index (κ1) is 40.6. The maximum atomic E-state index is 5.40. The fourth-order valence-electron chi connectivity index (χ4n) is 7.90. The molecule has 0 spiro atoms. The van der Waals surface area contributed by atoms with Crippen LogP contribution in [0.1, 0.15) is 128 Å². The Kier molecular flexibility index (Phi) is 16.5. The SMILES string of the molecule is CCCCCCCCc1cc(C=C(CC)[N+](CC)=Nc2cc(CC)c(-c3ccccc3)c(-c3ccccc3)c2)cc(-c2ccccc2)c1CCCCCC. The quantitative estimate of drug-likeness (QED) is 0.0408. The van der Waals surface area contributed by atoms with Crippen LogP contribution >= 0.6 is 0 Å². The molecular weight excluding hydrogens is 653 g/mol. The number of benzene rings is 5. The van der Waals surface area contributed by atoms with E-state index in [4.69, 9.17) is 5.11 Å². The van der Waals surface area contributed by atoms with Gasteiger partial charge in [0.1, 0.15) is 5.69 Å². The highest BCUT2D eigenvalue weighted by atomic mass is 15.3. The van der Waals surface area contributed by atoms with Crippen molar-refractivity contribution in [2.24, 2.45) is 5.11 Å². The molecule has 5 rings (SSSR count). The van der Waals surface area contributed by atoms with Crippen LogP contribution in [0.15, 0.2) is 126 Å². The number of hydrogen-bond donors (Lipinski definition) is 0. The van der Waals surface area contributed by atoms with Gasteiger partial charge < -0.3 is 0 Å². The van der Waals surface area contributed by atoms with Crippen molar-refractivity contribution in [3.8, 4) is 33.4 Å². The molecule has 282 valence electrons.